The Balaban J connectivity index is 1.39. The normalized spacial score (nSPS) is 14.4. The molecular weight excluding hydrogens is 342 g/mol. The highest BCUT2D eigenvalue weighted by Crippen LogP contribution is 2.22. The number of urea groups is 1. The molecule has 2 heterocycles. The number of amides is 2. The van der Waals surface area contributed by atoms with Crippen molar-refractivity contribution >= 4 is 28.7 Å². The predicted molar refractivity (Wildman–Crippen MR) is 107 cm³/mol. The number of aryl methyl sites for hydroxylation is 1. The summed E-state index contributed by atoms with van der Waals surface area (Å²) >= 11 is 0. The monoisotopic (exact) mass is 365 g/mol. The summed E-state index contributed by atoms with van der Waals surface area (Å²) in [5, 5.41) is 2.94. The predicted octanol–water partition coefficient (Wildman–Crippen LogP) is 2.94. The second-order valence-electron chi connectivity index (χ2n) is 6.59. The molecule has 2 amide bonds. The summed E-state index contributed by atoms with van der Waals surface area (Å²) in [6, 6.07) is 15.4. The molecular formula is C20H23N5O2. The van der Waals surface area contributed by atoms with Gasteiger partial charge in [-0.2, -0.15) is 0 Å². The smallest absolute Gasteiger partial charge is 0.321 e. The molecule has 1 N–H and O–H groups in total. The second-order valence-corrected chi connectivity index (χ2v) is 6.59. The minimum Gasteiger partial charge on any atom is -0.497 e. The van der Waals surface area contributed by atoms with Gasteiger partial charge in [0.1, 0.15) is 5.75 Å². The average Bonchev–Trinajstić information content (AvgIpc) is 3.05. The Morgan fingerprint density at radius 1 is 1.04 bits per heavy atom. The molecule has 1 aliphatic rings. The number of para-hydroxylation sites is 2. The van der Waals surface area contributed by atoms with Crippen molar-refractivity contribution in [2.24, 2.45) is 7.05 Å². The van der Waals surface area contributed by atoms with Gasteiger partial charge in [0.2, 0.25) is 5.95 Å². The summed E-state index contributed by atoms with van der Waals surface area (Å²) in [4.78, 5) is 21.3. The Bertz CT molecular complexity index is 943. The number of rotatable bonds is 3. The van der Waals surface area contributed by atoms with Crippen LogP contribution in [0.15, 0.2) is 48.5 Å². The van der Waals surface area contributed by atoms with Crippen LogP contribution in [0.25, 0.3) is 11.0 Å². The summed E-state index contributed by atoms with van der Waals surface area (Å²) in [5.74, 6) is 1.72. The number of anilines is 2. The number of aromatic nitrogens is 2. The molecule has 0 aliphatic carbocycles. The zero-order valence-electron chi connectivity index (χ0n) is 15.6. The van der Waals surface area contributed by atoms with Crippen molar-refractivity contribution in [1.29, 1.82) is 0 Å². The molecule has 0 atom stereocenters. The number of hydrogen-bond donors (Lipinski definition) is 1. The van der Waals surface area contributed by atoms with E-state index in [-0.39, 0.29) is 6.03 Å². The maximum absolute atomic E-state index is 12.5. The van der Waals surface area contributed by atoms with E-state index in [1.165, 1.54) is 0 Å². The topological polar surface area (TPSA) is 62.6 Å². The number of hydrogen-bond acceptors (Lipinski definition) is 4. The summed E-state index contributed by atoms with van der Waals surface area (Å²) in [6.45, 7) is 2.83. The van der Waals surface area contributed by atoms with Crippen LogP contribution in [0.2, 0.25) is 0 Å². The third-order valence-corrected chi connectivity index (χ3v) is 4.95. The number of ether oxygens (including phenoxy) is 1. The molecule has 0 radical (unpaired) electrons. The molecule has 0 spiro atoms. The van der Waals surface area contributed by atoms with Gasteiger partial charge >= 0.3 is 6.03 Å². The van der Waals surface area contributed by atoms with Crippen LogP contribution in [0.1, 0.15) is 0 Å². The van der Waals surface area contributed by atoms with Gasteiger partial charge in [0.25, 0.3) is 0 Å². The lowest BCUT2D eigenvalue weighted by molar-refractivity contribution is 0.208. The van der Waals surface area contributed by atoms with Crippen LogP contribution in [0, 0.1) is 0 Å². The van der Waals surface area contributed by atoms with Gasteiger partial charge in [0.15, 0.2) is 0 Å². The number of carbonyl (C=O) groups excluding carboxylic acids is 1. The third kappa shape index (κ3) is 3.40. The average molecular weight is 365 g/mol. The van der Waals surface area contributed by atoms with E-state index in [1.54, 1.807) is 7.11 Å². The first-order valence-corrected chi connectivity index (χ1v) is 9.02. The number of nitrogens with zero attached hydrogens (tertiary/aromatic N) is 4. The van der Waals surface area contributed by atoms with Crippen LogP contribution in [0.5, 0.6) is 5.75 Å². The summed E-state index contributed by atoms with van der Waals surface area (Å²) in [6.07, 6.45) is 0. The van der Waals surface area contributed by atoms with Gasteiger partial charge in [-0.05, 0) is 36.4 Å². The Labute approximate surface area is 158 Å². The van der Waals surface area contributed by atoms with E-state index in [1.807, 2.05) is 54.4 Å². The van der Waals surface area contributed by atoms with Crippen LogP contribution in [0.3, 0.4) is 0 Å². The number of nitrogens with one attached hydrogen (secondary N) is 1. The molecule has 0 unspecified atom stereocenters. The lowest BCUT2D eigenvalue weighted by Gasteiger charge is -2.35. The van der Waals surface area contributed by atoms with Crippen molar-refractivity contribution in [1.82, 2.24) is 14.5 Å². The Morgan fingerprint density at radius 3 is 2.41 bits per heavy atom. The number of piperazine rings is 1. The highest BCUT2D eigenvalue weighted by molar-refractivity contribution is 5.89. The first-order chi connectivity index (χ1) is 13.2. The molecule has 1 fully saturated rings. The van der Waals surface area contributed by atoms with E-state index in [0.29, 0.717) is 13.1 Å². The fraction of sp³-hybridized carbons (Fsp3) is 0.300. The molecule has 140 valence electrons. The first kappa shape index (κ1) is 17.2. The number of carbonyl (C=O) groups is 1. The van der Waals surface area contributed by atoms with Gasteiger partial charge in [-0.3, -0.25) is 0 Å². The number of fused-ring (bicyclic) bond motifs is 1. The fourth-order valence-corrected chi connectivity index (χ4v) is 3.40. The largest absolute Gasteiger partial charge is 0.497 e. The first-order valence-electron chi connectivity index (χ1n) is 9.02. The van der Waals surface area contributed by atoms with Crippen LogP contribution >= 0.6 is 0 Å². The van der Waals surface area contributed by atoms with E-state index in [0.717, 1.165) is 41.5 Å². The van der Waals surface area contributed by atoms with Gasteiger partial charge in [-0.1, -0.05) is 12.1 Å². The second kappa shape index (κ2) is 7.19. The molecule has 0 bridgehead atoms. The van der Waals surface area contributed by atoms with Crippen molar-refractivity contribution in [2.75, 3.05) is 43.5 Å². The molecule has 4 rings (SSSR count). The highest BCUT2D eigenvalue weighted by Gasteiger charge is 2.24. The van der Waals surface area contributed by atoms with E-state index >= 15 is 0 Å². The standard InChI is InChI=1S/C20H23N5O2/c1-23-18-6-4-3-5-17(18)22-19(23)24-11-13-25(14-12-24)20(26)21-15-7-9-16(27-2)10-8-15/h3-10H,11-14H2,1-2H3,(H,21,26). The van der Waals surface area contributed by atoms with Gasteiger partial charge in [-0.25, -0.2) is 9.78 Å². The van der Waals surface area contributed by atoms with E-state index < -0.39 is 0 Å². The van der Waals surface area contributed by atoms with Crippen molar-refractivity contribution in [3.8, 4) is 5.75 Å². The molecule has 27 heavy (non-hydrogen) atoms. The van der Waals surface area contributed by atoms with Crippen molar-refractivity contribution in [3.63, 3.8) is 0 Å². The Kier molecular flexibility index (Phi) is 4.58. The third-order valence-electron chi connectivity index (χ3n) is 4.95. The molecule has 1 aliphatic heterocycles. The number of methoxy groups -OCH3 is 1. The van der Waals surface area contributed by atoms with Crippen molar-refractivity contribution in [3.05, 3.63) is 48.5 Å². The molecule has 7 nitrogen and oxygen atoms in total. The molecule has 1 saturated heterocycles. The number of benzene rings is 2. The molecule has 3 aromatic rings. The lowest BCUT2D eigenvalue weighted by Crippen LogP contribution is -2.50. The zero-order valence-corrected chi connectivity index (χ0v) is 15.6. The molecule has 0 saturated carbocycles. The van der Waals surface area contributed by atoms with Crippen molar-refractivity contribution < 1.29 is 9.53 Å². The van der Waals surface area contributed by atoms with Gasteiger partial charge in [0, 0.05) is 38.9 Å². The van der Waals surface area contributed by atoms with Gasteiger partial charge in [0.05, 0.1) is 18.1 Å². The van der Waals surface area contributed by atoms with Gasteiger partial charge in [-0.15, -0.1) is 0 Å². The molecule has 1 aromatic heterocycles. The SMILES string of the molecule is COc1ccc(NC(=O)N2CCN(c3nc4ccccc4n3C)CC2)cc1. The van der Waals surface area contributed by atoms with Crippen molar-refractivity contribution in [2.45, 2.75) is 0 Å². The Hall–Kier alpha value is -3.22. The maximum Gasteiger partial charge on any atom is 0.321 e. The minimum atomic E-state index is -0.0789. The van der Waals surface area contributed by atoms with Crippen LogP contribution in [-0.4, -0.2) is 53.8 Å². The van der Waals surface area contributed by atoms with E-state index in [2.05, 4.69) is 20.9 Å². The number of imidazole rings is 1. The fourth-order valence-electron chi connectivity index (χ4n) is 3.40. The quantitative estimate of drug-likeness (QED) is 0.775. The highest BCUT2D eigenvalue weighted by atomic mass is 16.5. The van der Waals surface area contributed by atoms with E-state index in [9.17, 15) is 4.79 Å². The summed E-state index contributed by atoms with van der Waals surface area (Å²) in [7, 11) is 3.66. The van der Waals surface area contributed by atoms with Crippen LogP contribution in [-0.2, 0) is 7.05 Å². The van der Waals surface area contributed by atoms with Crippen LogP contribution in [0.4, 0.5) is 16.4 Å². The Morgan fingerprint density at radius 2 is 1.74 bits per heavy atom. The maximum atomic E-state index is 12.5. The molecule has 7 heteroatoms. The zero-order chi connectivity index (χ0) is 18.8. The van der Waals surface area contributed by atoms with E-state index in [4.69, 9.17) is 9.72 Å². The summed E-state index contributed by atoms with van der Waals surface area (Å²) < 4.78 is 7.25. The minimum absolute atomic E-state index is 0.0789. The van der Waals surface area contributed by atoms with Gasteiger partial charge < -0.3 is 24.4 Å². The summed E-state index contributed by atoms with van der Waals surface area (Å²) in [5.41, 5.74) is 2.88. The molecule has 2 aromatic carbocycles. The van der Waals surface area contributed by atoms with Crippen LogP contribution < -0.4 is 15.0 Å². The lowest BCUT2D eigenvalue weighted by atomic mass is 10.3.